The Morgan fingerprint density at radius 2 is 1.76 bits per heavy atom. The fourth-order valence-corrected chi connectivity index (χ4v) is 4.06. The number of carbonyl (C=O) groups excluding carboxylic acids is 2. The Labute approximate surface area is 241 Å². The topological polar surface area (TPSA) is 128 Å². The number of amides is 1. The van der Waals surface area contributed by atoms with E-state index in [-0.39, 0.29) is 56.1 Å². The highest BCUT2D eigenvalue weighted by molar-refractivity contribution is 5.84. The summed E-state index contributed by atoms with van der Waals surface area (Å²) in [6.45, 7) is 4.20. The first-order valence-electron chi connectivity index (χ1n) is 13.2. The van der Waals surface area contributed by atoms with Gasteiger partial charge in [-0.15, -0.1) is 0 Å². The molecule has 0 spiro atoms. The van der Waals surface area contributed by atoms with Crippen molar-refractivity contribution in [3.8, 4) is 23.4 Å². The first kappa shape index (κ1) is 31.7. The zero-order valence-corrected chi connectivity index (χ0v) is 23.5. The van der Waals surface area contributed by atoms with Gasteiger partial charge in [0.2, 0.25) is 17.5 Å². The molecular formula is C30H31F3N4O5. The zero-order valence-electron chi connectivity index (χ0n) is 23.5. The molecule has 1 aromatic heterocycles. The Morgan fingerprint density at radius 1 is 1.05 bits per heavy atom. The van der Waals surface area contributed by atoms with Crippen LogP contribution in [0.3, 0.4) is 0 Å². The summed E-state index contributed by atoms with van der Waals surface area (Å²) in [5, 5.41) is 9.38. The summed E-state index contributed by atoms with van der Waals surface area (Å²) < 4.78 is 62.8. The fourth-order valence-electron chi connectivity index (χ4n) is 4.06. The maximum Gasteiger partial charge on any atom is 0.331 e. The van der Waals surface area contributed by atoms with Gasteiger partial charge >= 0.3 is 5.97 Å². The number of nitrogens with zero attached hydrogens (tertiary/aromatic N) is 3. The van der Waals surface area contributed by atoms with Crippen LogP contribution in [0.5, 0.6) is 17.4 Å². The van der Waals surface area contributed by atoms with Crippen LogP contribution < -0.4 is 20.1 Å². The van der Waals surface area contributed by atoms with E-state index < -0.39 is 46.6 Å². The molecule has 3 rings (SSSR count). The lowest BCUT2D eigenvalue weighted by atomic mass is 10.0. The predicted molar refractivity (Wildman–Crippen MR) is 147 cm³/mol. The molecule has 0 saturated carbocycles. The van der Waals surface area contributed by atoms with Gasteiger partial charge in [0.1, 0.15) is 17.8 Å². The van der Waals surface area contributed by atoms with Gasteiger partial charge in [-0.25, -0.2) is 4.79 Å². The molecule has 2 aromatic carbocycles. The van der Waals surface area contributed by atoms with Crippen LogP contribution in [0.15, 0.2) is 48.5 Å². The second-order valence-electron chi connectivity index (χ2n) is 9.69. The summed E-state index contributed by atoms with van der Waals surface area (Å²) in [6, 6.07) is 15.1. The number of hydrogen-bond donors (Lipinski definition) is 1. The van der Waals surface area contributed by atoms with Gasteiger partial charge in [-0.1, -0.05) is 30.3 Å². The van der Waals surface area contributed by atoms with E-state index in [0.717, 1.165) is 10.5 Å². The molecule has 3 aromatic rings. The normalized spacial score (nSPS) is 11.0. The smallest absolute Gasteiger partial charge is 0.331 e. The molecule has 0 fully saturated rings. The molecule has 12 heteroatoms. The largest absolute Gasteiger partial charge is 0.485 e. The second kappa shape index (κ2) is 14.2. The van der Waals surface area contributed by atoms with E-state index in [1.54, 1.807) is 6.92 Å². The van der Waals surface area contributed by atoms with Gasteiger partial charge in [0.25, 0.3) is 11.8 Å². The Balaban J connectivity index is 2.05. The van der Waals surface area contributed by atoms with Crippen LogP contribution in [0, 0.1) is 28.9 Å². The molecule has 0 atom stereocenters. The van der Waals surface area contributed by atoms with Crippen molar-refractivity contribution < 1.29 is 37.0 Å². The number of halogens is 3. The van der Waals surface area contributed by atoms with Crippen molar-refractivity contribution in [2.45, 2.75) is 52.2 Å². The fraction of sp³-hybridized carbons (Fsp3) is 0.333. The van der Waals surface area contributed by atoms with Gasteiger partial charge in [-0.3, -0.25) is 4.79 Å². The van der Waals surface area contributed by atoms with Crippen molar-refractivity contribution in [2.75, 3.05) is 18.1 Å². The summed E-state index contributed by atoms with van der Waals surface area (Å²) >= 11 is 0. The van der Waals surface area contributed by atoms with Crippen molar-refractivity contribution in [2.24, 2.45) is 5.73 Å². The number of primary amides is 1. The van der Waals surface area contributed by atoms with E-state index in [1.165, 1.54) is 32.0 Å². The van der Waals surface area contributed by atoms with Crippen molar-refractivity contribution in [3.05, 3.63) is 77.2 Å². The average Bonchev–Trinajstić information content (AvgIpc) is 2.96. The molecule has 0 unspecified atom stereocenters. The van der Waals surface area contributed by atoms with E-state index in [1.807, 2.05) is 36.4 Å². The Hall–Kier alpha value is -4.79. The Bertz CT molecular complexity index is 1460. The molecule has 9 nitrogen and oxygen atoms in total. The van der Waals surface area contributed by atoms with Gasteiger partial charge in [-0.05, 0) is 51.3 Å². The third-order valence-electron chi connectivity index (χ3n) is 6.28. The average molecular weight is 585 g/mol. The molecule has 0 radical (unpaired) electrons. The lowest BCUT2D eigenvalue weighted by molar-refractivity contribution is -0.148. The number of nitriles is 1. The number of rotatable bonds is 14. The Kier molecular flexibility index (Phi) is 10.7. The molecule has 0 aliphatic rings. The van der Waals surface area contributed by atoms with Crippen molar-refractivity contribution in [1.82, 2.24) is 4.98 Å². The number of carbonyl (C=O) groups is 2. The van der Waals surface area contributed by atoms with Gasteiger partial charge in [-0.2, -0.15) is 23.4 Å². The number of esters is 1. The molecule has 0 bridgehead atoms. The van der Waals surface area contributed by atoms with Crippen molar-refractivity contribution >= 4 is 17.6 Å². The van der Waals surface area contributed by atoms with Crippen LogP contribution in [0.25, 0.3) is 0 Å². The summed E-state index contributed by atoms with van der Waals surface area (Å²) in [5.41, 5.74) is 3.52. The number of aromatic nitrogens is 1. The number of unbranched alkanes of at least 4 members (excludes halogenated alkanes) is 1. The summed E-state index contributed by atoms with van der Waals surface area (Å²) in [5.74, 6) is -7.19. The van der Waals surface area contributed by atoms with Crippen LogP contribution in [0.4, 0.5) is 18.9 Å². The molecule has 1 heterocycles. The van der Waals surface area contributed by atoms with E-state index in [2.05, 4.69) is 4.98 Å². The minimum Gasteiger partial charge on any atom is -0.485 e. The minimum absolute atomic E-state index is 0.00129. The maximum absolute atomic E-state index is 16.1. The predicted octanol–water partition coefficient (Wildman–Crippen LogP) is 5.55. The molecule has 0 aliphatic carbocycles. The third kappa shape index (κ3) is 7.69. The molecule has 0 saturated heterocycles. The van der Waals surface area contributed by atoms with Gasteiger partial charge in [0.05, 0.1) is 18.2 Å². The molecule has 2 N–H and O–H groups in total. The highest BCUT2D eigenvalue weighted by atomic mass is 19.2. The first-order chi connectivity index (χ1) is 20.0. The SMILES string of the molecule is CCOC(=O)C(C)(C)N(CCCCC(N)=O)c1c(F)c(F)nc(Oc2cc(C#N)ccc2OCc2ccccc2)c1F. The highest BCUT2D eigenvalue weighted by Gasteiger charge is 2.40. The van der Waals surface area contributed by atoms with Crippen LogP contribution in [-0.4, -0.2) is 35.6 Å². The van der Waals surface area contributed by atoms with Crippen molar-refractivity contribution in [1.29, 1.82) is 5.26 Å². The summed E-state index contributed by atoms with van der Waals surface area (Å²) in [6.07, 6.45) is 0.416. The summed E-state index contributed by atoms with van der Waals surface area (Å²) in [7, 11) is 0. The lowest BCUT2D eigenvalue weighted by Crippen LogP contribution is -2.52. The molecule has 222 valence electrons. The lowest BCUT2D eigenvalue weighted by Gasteiger charge is -2.38. The van der Waals surface area contributed by atoms with Crippen molar-refractivity contribution in [3.63, 3.8) is 0 Å². The van der Waals surface area contributed by atoms with Gasteiger partial charge < -0.3 is 24.8 Å². The van der Waals surface area contributed by atoms with E-state index in [9.17, 15) is 19.2 Å². The van der Waals surface area contributed by atoms with E-state index in [4.69, 9.17) is 19.9 Å². The number of pyridine rings is 1. The standard InChI is InChI=1S/C30H31F3N4O5/c1-4-40-29(39)30(2,3)37(15-9-8-12-23(35)38)26-24(31)27(33)36-28(25(26)32)42-22-16-20(17-34)13-14-21(22)41-18-19-10-6-5-7-11-19/h5-7,10-11,13-14,16H,4,8-9,12,15,18H2,1-3H3,(H2,35,38). The first-order valence-corrected chi connectivity index (χ1v) is 13.2. The highest BCUT2D eigenvalue weighted by Crippen LogP contribution is 2.39. The number of benzene rings is 2. The number of hydrogen-bond acceptors (Lipinski definition) is 8. The second-order valence-corrected chi connectivity index (χ2v) is 9.69. The number of nitrogens with two attached hydrogens (primary N) is 1. The quantitative estimate of drug-likeness (QED) is 0.149. The monoisotopic (exact) mass is 584 g/mol. The molecule has 0 aliphatic heterocycles. The minimum atomic E-state index is -1.69. The molecular weight excluding hydrogens is 553 g/mol. The maximum atomic E-state index is 16.1. The van der Waals surface area contributed by atoms with Crippen LogP contribution in [0.1, 0.15) is 51.2 Å². The third-order valence-corrected chi connectivity index (χ3v) is 6.28. The van der Waals surface area contributed by atoms with Crippen LogP contribution in [0.2, 0.25) is 0 Å². The Morgan fingerprint density at radius 3 is 2.40 bits per heavy atom. The van der Waals surface area contributed by atoms with Gasteiger partial charge in [0.15, 0.2) is 11.5 Å². The van der Waals surface area contributed by atoms with Crippen LogP contribution >= 0.6 is 0 Å². The zero-order chi connectivity index (χ0) is 30.9. The summed E-state index contributed by atoms with van der Waals surface area (Å²) in [4.78, 5) is 28.4. The number of anilines is 1. The molecule has 1 amide bonds. The van der Waals surface area contributed by atoms with E-state index >= 15 is 8.78 Å². The molecule has 42 heavy (non-hydrogen) atoms. The number of ether oxygens (including phenoxy) is 3. The van der Waals surface area contributed by atoms with Gasteiger partial charge in [0, 0.05) is 19.0 Å². The van der Waals surface area contributed by atoms with Crippen LogP contribution in [-0.2, 0) is 20.9 Å². The van der Waals surface area contributed by atoms with E-state index in [0.29, 0.717) is 0 Å².